The minimum absolute atomic E-state index is 0.227. The number of hydrogen-bond acceptors (Lipinski definition) is 2. The van der Waals surface area contributed by atoms with E-state index in [1.165, 1.54) is 12.8 Å². The molecule has 0 aromatic heterocycles. The highest BCUT2D eigenvalue weighted by molar-refractivity contribution is 5.71. The molecular formula is C9H14O3. The lowest BCUT2D eigenvalue weighted by Gasteiger charge is -2.25. The Balaban J connectivity index is 2.05. The number of carbonyl (C=O) groups is 1. The van der Waals surface area contributed by atoms with Crippen LogP contribution in [0.2, 0.25) is 0 Å². The van der Waals surface area contributed by atoms with E-state index >= 15 is 0 Å². The summed E-state index contributed by atoms with van der Waals surface area (Å²) in [6.45, 7) is 0.435. The molecule has 68 valence electrons. The largest absolute Gasteiger partial charge is 0.481 e. The highest BCUT2D eigenvalue weighted by atomic mass is 16.5. The molecule has 12 heavy (non-hydrogen) atoms. The van der Waals surface area contributed by atoms with Gasteiger partial charge in [0.05, 0.1) is 18.6 Å². The van der Waals surface area contributed by atoms with Crippen LogP contribution >= 0.6 is 0 Å². The Labute approximate surface area is 71.7 Å². The van der Waals surface area contributed by atoms with E-state index in [-0.39, 0.29) is 12.0 Å². The third-order valence-corrected chi connectivity index (χ3v) is 3.08. The zero-order chi connectivity index (χ0) is 8.55. The van der Waals surface area contributed by atoms with Crippen molar-refractivity contribution in [1.29, 1.82) is 0 Å². The Hall–Kier alpha value is -0.570. The van der Waals surface area contributed by atoms with Crippen LogP contribution < -0.4 is 0 Å². The van der Waals surface area contributed by atoms with Crippen LogP contribution in [0.25, 0.3) is 0 Å². The first kappa shape index (κ1) is 8.05. The molecule has 1 N–H and O–H groups in total. The van der Waals surface area contributed by atoms with E-state index in [1.54, 1.807) is 0 Å². The van der Waals surface area contributed by atoms with Gasteiger partial charge in [0.1, 0.15) is 0 Å². The van der Waals surface area contributed by atoms with Crippen LogP contribution in [0.4, 0.5) is 0 Å². The molecule has 3 nitrogen and oxygen atoms in total. The van der Waals surface area contributed by atoms with E-state index in [2.05, 4.69) is 0 Å². The maximum Gasteiger partial charge on any atom is 0.309 e. The summed E-state index contributed by atoms with van der Waals surface area (Å²) < 4.78 is 5.45. The van der Waals surface area contributed by atoms with Gasteiger partial charge in [0.2, 0.25) is 0 Å². The lowest BCUT2D eigenvalue weighted by molar-refractivity contribution is -0.142. The van der Waals surface area contributed by atoms with Gasteiger partial charge in [0.15, 0.2) is 0 Å². The van der Waals surface area contributed by atoms with Gasteiger partial charge in [-0.2, -0.15) is 0 Å². The van der Waals surface area contributed by atoms with Crippen LogP contribution in [0.1, 0.15) is 25.7 Å². The molecule has 0 unspecified atom stereocenters. The summed E-state index contributed by atoms with van der Waals surface area (Å²) in [7, 11) is 0. The fraction of sp³-hybridized carbons (Fsp3) is 0.889. The molecule has 0 amide bonds. The molecule has 3 atom stereocenters. The summed E-state index contributed by atoms with van der Waals surface area (Å²) >= 11 is 0. The fourth-order valence-electron chi connectivity index (χ4n) is 2.40. The maximum atomic E-state index is 10.8. The Kier molecular flexibility index (Phi) is 2.05. The summed E-state index contributed by atoms with van der Waals surface area (Å²) in [4.78, 5) is 10.8. The van der Waals surface area contributed by atoms with Crippen molar-refractivity contribution in [3.63, 3.8) is 0 Å². The van der Waals surface area contributed by atoms with E-state index in [0.29, 0.717) is 12.5 Å². The van der Waals surface area contributed by atoms with E-state index in [4.69, 9.17) is 9.84 Å². The van der Waals surface area contributed by atoms with Crippen LogP contribution in [-0.2, 0) is 9.53 Å². The fourth-order valence-corrected chi connectivity index (χ4v) is 2.40. The number of carboxylic acid groups (broad SMARTS) is 1. The average molecular weight is 170 g/mol. The molecule has 0 radical (unpaired) electrons. The van der Waals surface area contributed by atoms with Gasteiger partial charge >= 0.3 is 5.97 Å². The molecule has 0 bridgehead atoms. The smallest absolute Gasteiger partial charge is 0.309 e. The lowest BCUT2D eigenvalue weighted by atomic mass is 9.80. The first-order chi connectivity index (χ1) is 5.79. The summed E-state index contributed by atoms with van der Waals surface area (Å²) in [5, 5.41) is 8.87. The number of rotatable bonds is 1. The second-order valence-corrected chi connectivity index (χ2v) is 3.76. The quantitative estimate of drug-likeness (QED) is 0.644. The predicted molar refractivity (Wildman–Crippen MR) is 42.8 cm³/mol. The standard InChI is InChI=1S/C9H14O3/c10-9(11)7-5-12-8-4-2-1-3-6(7)8/h6-8H,1-5H2,(H,10,11)/t6-,7+,8-/m0/s1. The summed E-state index contributed by atoms with van der Waals surface area (Å²) in [5.74, 6) is -0.601. The zero-order valence-corrected chi connectivity index (χ0v) is 7.03. The Morgan fingerprint density at radius 2 is 2.08 bits per heavy atom. The van der Waals surface area contributed by atoms with Gasteiger partial charge in [0.25, 0.3) is 0 Å². The van der Waals surface area contributed by atoms with Gasteiger partial charge < -0.3 is 9.84 Å². The Bertz CT molecular complexity index is 190. The average Bonchev–Trinajstić information content (AvgIpc) is 2.47. The predicted octanol–water partition coefficient (Wildman–Crippen LogP) is 1.28. The highest BCUT2D eigenvalue weighted by Crippen LogP contribution is 2.37. The monoisotopic (exact) mass is 170 g/mol. The van der Waals surface area contributed by atoms with Crippen molar-refractivity contribution in [2.75, 3.05) is 6.61 Å². The summed E-state index contributed by atoms with van der Waals surface area (Å²) in [5.41, 5.74) is 0. The Morgan fingerprint density at radius 3 is 2.83 bits per heavy atom. The second kappa shape index (κ2) is 3.05. The number of fused-ring (bicyclic) bond motifs is 1. The molecule has 2 rings (SSSR count). The van der Waals surface area contributed by atoms with Crippen molar-refractivity contribution >= 4 is 5.97 Å². The maximum absolute atomic E-state index is 10.8. The van der Waals surface area contributed by atoms with Gasteiger partial charge in [-0.3, -0.25) is 4.79 Å². The third kappa shape index (κ3) is 1.22. The second-order valence-electron chi connectivity index (χ2n) is 3.76. The molecule has 1 heterocycles. The molecule has 1 aliphatic carbocycles. The topological polar surface area (TPSA) is 46.5 Å². The molecule has 0 spiro atoms. The number of aliphatic carboxylic acids is 1. The van der Waals surface area contributed by atoms with Crippen LogP contribution in [0, 0.1) is 11.8 Å². The van der Waals surface area contributed by atoms with Crippen LogP contribution in [0.3, 0.4) is 0 Å². The minimum atomic E-state index is -0.676. The van der Waals surface area contributed by atoms with E-state index in [9.17, 15) is 4.79 Å². The number of ether oxygens (including phenoxy) is 1. The number of hydrogen-bond donors (Lipinski definition) is 1. The summed E-state index contributed by atoms with van der Waals surface area (Å²) in [6.07, 6.45) is 4.73. The highest BCUT2D eigenvalue weighted by Gasteiger charge is 2.42. The SMILES string of the molecule is O=C(O)[C@@H]1CO[C@H]2CCCC[C@H]21. The Morgan fingerprint density at radius 1 is 1.33 bits per heavy atom. The lowest BCUT2D eigenvalue weighted by Crippen LogP contribution is -2.28. The summed E-state index contributed by atoms with van der Waals surface area (Å²) in [6, 6.07) is 0. The zero-order valence-electron chi connectivity index (χ0n) is 7.03. The van der Waals surface area contributed by atoms with Gasteiger partial charge in [-0.15, -0.1) is 0 Å². The van der Waals surface area contributed by atoms with Crippen LogP contribution in [0.5, 0.6) is 0 Å². The normalized spacial score (nSPS) is 40.8. The molecule has 3 heteroatoms. The van der Waals surface area contributed by atoms with Gasteiger partial charge in [-0.25, -0.2) is 0 Å². The molecule has 0 aromatic rings. The van der Waals surface area contributed by atoms with Crippen LogP contribution in [0.15, 0.2) is 0 Å². The minimum Gasteiger partial charge on any atom is -0.481 e. The van der Waals surface area contributed by atoms with Crippen molar-refractivity contribution in [3.8, 4) is 0 Å². The van der Waals surface area contributed by atoms with E-state index < -0.39 is 5.97 Å². The van der Waals surface area contributed by atoms with Gasteiger partial charge in [-0.05, 0) is 12.8 Å². The van der Waals surface area contributed by atoms with Crippen molar-refractivity contribution in [2.45, 2.75) is 31.8 Å². The van der Waals surface area contributed by atoms with Gasteiger partial charge in [0, 0.05) is 5.92 Å². The first-order valence-corrected chi connectivity index (χ1v) is 4.63. The van der Waals surface area contributed by atoms with Crippen molar-refractivity contribution in [2.24, 2.45) is 11.8 Å². The van der Waals surface area contributed by atoms with Crippen molar-refractivity contribution < 1.29 is 14.6 Å². The molecule has 1 saturated heterocycles. The molecular weight excluding hydrogens is 156 g/mol. The first-order valence-electron chi connectivity index (χ1n) is 4.63. The van der Waals surface area contributed by atoms with E-state index in [0.717, 1.165) is 12.8 Å². The van der Waals surface area contributed by atoms with Crippen molar-refractivity contribution in [3.05, 3.63) is 0 Å². The van der Waals surface area contributed by atoms with Crippen molar-refractivity contribution in [1.82, 2.24) is 0 Å². The number of carboxylic acids is 1. The molecule has 1 aliphatic heterocycles. The molecule has 0 aromatic carbocycles. The van der Waals surface area contributed by atoms with E-state index in [1.807, 2.05) is 0 Å². The third-order valence-electron chi connectivity index (χ3n) is 3.08. The molecule has 1 saturated carbocycles. The van der Waals surface area contributed by atoms with Gasteiger partial charge in [-0.1, -0.05) is 12.8 Å². The molecule has 2 fully saturated rings. The van der Waals surface area contributed by atoms with Crippen LogP contribution in [-0.4, -0.2) is 23.8 Å². The molecule has 2 aliphatic rings.